The number of aryl methyl sites for hydroxylation is 1. The second-order valence-electron chi connectivity index (χ2n) is 2.84. The second kappa shape index (κ2) is 4.60. The van der Waals surface area contributed by atoms with Crippen LogP contribution >= 0.6 is 7.75 Å². The molecule has 0 saturated carbocycles. The molecule has 0 aliphatic carbocycles. The maximum absolute atomic E-state index is 11.7. The SMILES string of the molecule is COP(=O)(Nc1cccc(C)c1)OC. The fourth-order valence-corrected chi connectivity index (χ4v) is 1.83. The molecule has 0 amide bonds. The van der Waals surface area contributed by atoms with Crippen molar-refractivity contribution >= 4 is 13.4 Å². The highest BCUT2D eigenvalue weighted by Gasteiger charge is 2.20. The zero-order valence-electron chi connectivity index (χ0n) is 8.48. The van der Waals surface area contributed by atoms with Gasteiger partial charge in [0.05, 0.1) is 0 Å². The third-order valence-corrected chi connectivity index (χ3v) is 3.26. The Labute approximate surface area is 83.8 Å². The standard InChI is InChI=1S/C9H14NO3P/c1-8-5-4-6-9(7-8)10-14(11,12-2)13-3/h4-7H,1-3H3,(H,10,11). The zero-order valence-corrected chi connectivity index (χ0v) is 9.38. The Balaban J connectivity index is 2.83. The number of hydrogen-bond acceptors (Lipinski definition) is 3. The Morgan fingerprint density at radius 1 is 1.29 bits per heavy atom. The van der Waals surface area contributed by atoms with Crippen LogP contribution in [0.25, 0.3) is 0 Å². The van der Waals surface area contributed by atoms with Crippen LogP contribution in [-0.2, 0) is 13.6 Å². The Kier molecular flexibility index (Phi) is 3.69. The van der Waals surface area contributed by atoms with Crippen molar-refractivity contribution in [1.82, 2.24) is 0 Å². The van der Waals surface area contributed by atoms with E-state index >= 15 is 0 Å². The molecule has 0 spiro atoms. The van der Waals surface area contributed by atoms with E-state index in [1.54, 1.807) is 6.07 Å². The minimum absolute atomic E-state index is 0.719. The van der Waals surface area contributed by atoms with Crippen LogP contribution in [0.15, 0.2) is 24.3 Å². The van der Waals surface area contributed by atoms with Crippen molar-refractivity contribution in [3.05, 3.63) is 29.8 Å². The molecule has 1 aromatic carbocycles. The van der Waals surface area contributed by atoms with Crippen molar-refractivity contribution in [2.75, 3.05) is 19.3 Å². The summed E-state index contributed by atoms with van der Waals surface area (Å²) >= 11 is 0. The lowest BCUT2D eigenvalue weighted by Gasteiger charge is -2.15. The molecule has 1 N–H and O–H groups in total. The number of benzene rings is 1. The van der Waals surface area contributed by atoms with E-state index in [4.69, 9.17) is 9.05 Å². The summed E-state index contributed by atoms with van der Waals surface area (Å²) in [6, 6.07) is 7.49. The molecule has 0 saturated heterocycles. The first-order chi connectivity index (χ1) is 6.59. The number of hydrogen-bond donors (Lipinski definition) is 1. The average molecular weight is 215 g/mol. The van der Waals surface area contributed by atoms with Gasteiger partial charge in [0.1, 0.15) is 0 Å². The molecule has 4 nitrogen and oxygen atoms in total. The van der Waals surface area contributed by atoms with E-state index < -0.39 is 7.75 Å². The molecule has 1 aromatic rings. The molecule has 14 heavy (non-hydrogen) atoms. The molecule has 5 heteroatoms. The quantitative estimate of drug-likeness (QED) is 0.784. The maximum atomic E-state index is 11.7. The van der Waals surface area contributed by atoms with E-state index in [9.17, 15) is 4.57 Å². The Hall–Kier alpha value is -0.830. The predicted octanol–water partition coefficient (Wildman–Crippen LogP) is 2.81. The van der Waals surface area contributed by atoms with E-state index in [1.807, 2.05) is 25.1 Å². The summed E-state index contributed by atoms with van der Waals surface area (Å²) in [6.45, 7) is 1.95. The van der Waals surface area contributed by atoms with Gasteiger partial charge in [-0.15, -0.1) is 0 Å². The third kappa shape index (κ3) is 2.84. The minimum atomic E-state index is -3.17. The van der Waals surface area contributed by atoms with Crippen molar-refractivity contribution in [1.29, 1.82) is 0 Å². The Morgan fingerprint density at radius 2 is 1.93 bits per heavy atom. The molecular weight excluding hydrogens is 201 g/mol. The van der Waals surface area contributed by atoms with Gasteiger partial charge >= 0.3 is 7.75 Å². The summed E-state index contributed by atoms with van der Waals surface area (Å²) in [6.07, 6.45) is 0. The Bertz CT molecular complexity index is 346. The van der Waals surface area contributed by atoms with E-state index in [-0.39, 0.29) is 0 Å². The molecule has 0 fully saturated rings. The third-order valence-electron chi connectivity index (χ3n) is 1.76. The first kappa shape index (κ1) is 11.2. The summed E-state index contributed by atoms with van der Waals surface area (Å²) in [7, 11) is -0.492. The van der Waals surface area contributed by atoms with Gasteiger partial charge in [-0.25, -0.2) is 4.57 Å². The minimum Gasteiger partial charge on any atom is -0.296 e. The molecule has 0 atom stereocenters. The number of nitrogens with one attached hydrogen (secondary N) is 1. The zero-order chi connectivity index (χ0) is 10.6. The molecule has 0 aromatic heterocycles. The van der Waals surface area contributed by atoms with Crippen molar-refractivity contribution in [2.45, 2.75) is 6.92 Å². The van der Waals surface area contributed by atoms with E-state index in [2.05, 4.69) is 5.09 Å². The van der Waals surface area contributed by atoms with Gasteiger partial charge in [0.15, 0.2) is 0 Å². The molecule has 0 aliphatic heterocycles. The molecule has 0 heterocycles. The molecule has 0 unspecified atom stereocenters. The number of rotatable bonds is 4. The monoisotopic (exact) mass is 215 g/mol. The van der Waals surface area contributed by atoms with Crippen LogP contribution in [-0.4, -0.2) is 14.2 Å². The van der Waals surface area contributed by atoms with Gasteiger partial charge in [-0.2, -0.15) is 0 Å². The van der Waals surface area contributed by atoms with Crippen molar-refractivity contribution in [3.63, 3.8) is 0 Å². The fraction of sp³-hybridized carbons (Fsp3) is 0.333. The molecule has 0 aliphatic rings. The summed E-state index contributed by atoms with van der Waals surface area (Å²) in [5, 5.41) is 2.71. The lowest BCUT2D eigenvalue weighted by Crippen LogP contribution is -2.00. The van der Waals surface area contributed by atoms with Crippen LogP contribution in [0, 0.1) is 6.92 Å². The van der Waals surface area contributed by atoms with Gasteiger partial charge in [-0.05, 0) is 24.6 Å². The van der Waals surface area contributed by atoms with Crippen molar-refractivity contribution in [3.8, 4) is 0 Å². The van der Waals surface area contributed by atoms with Gasteiger partial charge in [0.25, 0.3) is 0 Å². The van der Waals surface area contributed by atoms with Crippen LogP contribution in [0.3, 0.4) is 0 Å². The first-order valence-corrected chi connectivity index (χ1v) is 5.70. The largest absolute Gasteiger partial charge is 0.432 e. The lowest BCUT2D eigenvalue weighted by molar-refractivity contribution is 0.281. The van der Waals surface area contributed by atoms with Crippen LogP contribution in [0.2, 0.25) is 0 Å². The van der Waals surface area contributed by atoms with Gasteiger partial charge in [0, 0.05) is 19.9 Å². The number of anilines is 1. The molecular formula is C9H14NO3P. The van der Waals surface area contributed by atoms with Crippen molar-refractivity contribution in [2.24, 2.45) is 0 Å². The second-order valence-corrected chi connectivity index (χ2v) is 4.79. The van der Waals surface area contributed by atoms with Gasteiger partial charge in [-0.1, -0.05) is 12.1 Å². The summed E-state index contributed by atoms with van der Waals surface area (Å²) < 4.78 is 21.2. The van der Waals surface area contributed by atoms with Crippen LogP contribution in [0.1, 0.15) is 5.56 Å². The van der Waals surface area contributed by atoms with E-state index in [1.165, 1.54) is 14.2 Å². The van der Waals surface area contributed by atoms with Gasteiger partial charge < -0.3 is 0 Å². The fourth-order valence-electron chi connectivity index (χ4n) is 1.04. The van der Waals surface area contributed by atoms with E-state index in [0.717, 1.165) is 11.3 Å². The maximum Gasteiger partial charge on any atom is 0.432 e. The first-order valence-electron chi connectivity index (χ1n) is 4.16. The summed E-state index contributed by atoms with van der Waals surface area (Å²) in [4.78, 5) is 0. The summed E-state index contributed by atoms with van der Waals surface area (Å²) in [5.41, 5.74) is 1.80. The predicted molar refractivity (Wildman–Crippen MR) is 56.4 cm³/mol. The normalized spacial score (nSPS) is 11.4. The highest BCUT2D eigenvalue weighted by atomic mass is 31.2. The molecule has 78 valence electrons. The van der Waals surface area contributed by atoms with Crippen LogP contribution in [0.5, 0.6) is 0 Å². The van der Waals surface area contributed by atoms with Crippen molar-refractivity contribution < 1.29 is 13.6 Å². The molecule has 0 bridgehead atoms. The van der Waals surface area contributed by atoms with Crippen LogP contribution in [0.4, 0.5) is 5.69 Å². The topological polar surface area (TPSA) is 47.6 Å². The highest BCUT2D eigenvalue weighted by molar-refractivity contribution is 7.55. The molecule has 1 rings (SSSR count). The average Bonchev–Trinajstić information content (AvgIpc) is 2.18. The Morgan fingerprint density at radius 3 is 2.43 bits per heavy atom. The van der Waals surface area contributed by atoms with E-state index in [0.29, 0.717) is 0 Å². The highest BCUT2D eigenvalue weighted by Crippen LogP contribution is 2.45. The lowest BCUT2D eigenvalue weighted by atomic mass is 10.2. The van der Waals surface area contributed by atoms with Crippen LogP contribution < -0.4 is 5.09 Å². The van der Waals surface area contributed by atoms with Gasteiger partial charge in [-0.3, -0.25) is 14.1 Å². The smallest absolute Gasteiger partial charge is 0.296 e. The summed E-state index contributed by atoms with van der Waals surface area (Å²) in [5.74, 6) is 0. The van der Waals surface area contributed by atoms with Gasteiger partial charge in [0.2, 0.25) is 0 Å². The molecule has 0 radical (unpaired) electrons.